The standard InChI is InChI=1S/C30H26F3N5O/c31-30(32,33)23-9-10-26-25(14-23)36-28(38(26)17-29(11-12-34-16-29)27(39)19-3-4-19)20-5-1-18(2-6-20)21-7-8-22-15-35-37-24(22)13-21/h1-2,5-10,13-15,19,34H,3-4,11-12,16-17H2,(H,35,37)/t29-/m0/s1. The second-order valence-electron chi connectivity index (χ2n) is 10.8. The van der Waals surface area contributed by atoms with Gasteiger partial charge >= 0.3 is 6.18 Å². The van der Waals surface area contributed by atoms with E-state index in [2.05, 4.69) is 15.5 Å². The Morgan fingerprint density at radius 2 is 1.77 bits per heavy atom. The number of halogens is 3. The predicted molar refractivity (Wildman–Crippen MR) is 143 cm³/mol. The van der Waals surface area contributed by atoms with Crippen molar-refractivity contribution in [1.82, 2.24) is 25.1 Å². The van der Waals surface area contributed by atoms with E-state index < -0.39 is 17.2 Å². The number of hydrogen-bond acceptors (Lipinski definition) is 4. The summed E-state index contributed by atoms with van der Waals surface area (Å²) in [6, 6.07) is 17.6. The number of carbonyl (C=O) groups excluding carboxylic acids is 1. The van der Waals surface area contributed by atoms with Crippen molar-refractivity contribution in [3.05, 3.63) is 72.4 Å². The quantitative estimate of drug-likeness (QED) is 0.274. The highest BCUT2D eigenvalue weighted by Crippen LogP contribution is 2.43. The fourth-order valence-electron chi connectivity index (χ4n) is 5.86. The molecule has 198 valence electrons. The lowest BCUT2D eigenvalue weighted by Crippen LogP contribution is -2.39. The maximum Gasteiger partial charge on any atom is 0.416 e. The largest absolute Gasteiger partial charge is 0.416 e. The van der Waals surface area contributed by atoms with E-state index in [9.17, 15) is 18.0 Å². The summed E-state index contributed by atoms with van der Waals surface area (Å²) in [7, 11) is 0. The number of benzene rings is 3. The van der Waals surface area contributed by atoms with Gasteiger partial charge in [0, 0.05) is 30.0 Å². The van der Waals surface area contributed by atoms with Crippen LogP contribution in [0.25, 0.3) is 44.5 Å². The van der Waals surface area contributed by atoms with Crippen molar-refractivity contribution < 1.29 is 18.0 Å². The number of nitrogens with zero attached hydrogens (tertiary/aromatic N) is 3. The minimum absolute atomic E-state index is 0.0893. The van der Waals surface area contributed by atoms with E-state index in [1.54, 1.807) is 6.20 Å². The van der Waals surface area contributed by atoms with E-state index in [-0.39, 0.29) is 17.2 Å². The lowest BCUT2D eigenvalue weighted by Gasteiger charge is -2.28. The summed E-state index contributed by atoms with van der Waals surface area (Å²) in [5.74, 6) is 0.915. The van der Waals surface area contributed by atoms with Gasteiger partial charge in [0.1, 0.15) is 11.6 Å². The molecule has 1 aliphatic heterocycles. The van der Waals surface area contributed by atoms with Crippen LogP contribution in [0.15, 0.2) is 66.9 Å². The van der Waals surface area contributed by atoms with Crippen LogP contribution in [0.4, 0.5) is 13.2 Å². The van der Waals surface area contributed by atoms with Crippen LogP contribution >= 0.6 is 0 Å². The first-order chi connectivity index (χ1) is 18.8. The van der Waals surface area contributed by atoms with Crippen molar-refractivity contribution in [2.75, 3.05) is 13.1 Å². The molecule has 3 aromatic carbocycles. The molecule has 1 saturated heterocycles. The summed E-state index contributed by atoms with van der Waals surface area (Å²) in [4.78, 5) is 18.2. The topological polar surface area (TPSA) is 75.6 Å². The lowest BCUT2D eigenvalue weighted by atomic mass is 9.80. The molecule has 5 aromatic rings. The number of rotatable bonds is 6. The summed E-state index contributed by atoms with van der Waals surface area (Å²) in [6.07, 6.45) is -0.152. The van der Waals surface area contributed by atoms with Gasteiger partial charge in [-0.15, -0.1) is 0 Å². The molecule has 2 fully saturated rings. The average molecular weight is 530 g/mol. The van der Waals surface area contributed by atoms with Crippen LogP contribution in [0.1, 0.15) is 24.8 Å². The Bertz CT molecular complexity index is 1710. The van der Waals surface area contributed by atoms with Gasteiger partial charge in [0.25, 0.3) is 0 Å². The SMILES string of the molecule is O=C(C1CC1)[C@@]1(Cn2c(-c3ccc(-c4ccc5cn[nH]c5c4)cc3)nc3cc(C(F)(F)F)ccc32)CCNC1. The summed E-state index contributed by atoms with van der Waals surface area (Å²) < 4.78 is 42.5. The van der Waals surface area contributed by atoms with E-state index in [1.165, 1.54) is 6.07 Å². The molecule has 2 aliphatic rings. The number of aromatic nitrogens is 4. The molecule has 6 nitrogen and oxygen atoms in total. The molecule has 1 aliphatic carbocycles. The molecule has 39 heavy (non-hydrogen) atoms. The van der Waals surface area contributed by atoms with Gasteiger partial charge in [-0.25, -0.2) is 4.98 Å². The van der Waals surface area contributed by atoms with Gasteiger partial charge in [0.15, 0.2) is 0 Å². The zero-order valence-corrected chi connectivity index (χ0v) is 21.1. The lowest BCUT2D eigenvalue weighted by molar-refractivity contribution is -0.137. The molecule has 0 radical (unpaired) electrons. The highest BCUT2D eigenvalue weighted by Gasteiger charge is 2.48. The predicted octanol–water partition coefficient (Wildman–Crippen LogP) is 6.22. The molecule has 9 heteroatoms. The van der Waals surface area contributed by atoms with Gasteiger partial charge in [-0.3, -0.25) is 9.89 Å². The minimum atomic E-state index is -4.46. The molecule has 0 bridgehead atoms. The second kappa shape index (κ2) is 8.77. The summed E-state index contributed by atoms with van der Waals surface area (Å²) in [5.41, 5.74) is 3.29. The summed E-state index contributed by atoms with van der Waals surface area (Å²) in [5, 5.41) is 11.4. The molecule has 0 spiro atoms. The minimum Gasteiger partial charge on any atom is -0.323 e. The summed E-state index contributed by atoms with van der Waals surface area (Å²) >= 11 is 0. The Hall–Kier alpha value is -3.98. The number of hydrogen-bond donors (Lipinski definition) is 2. The van der Waals surface area contributed by atoms with Crippen LogP contribution in [0.3, 0.4) is 0 Å². The van der Waals surface area contributed by atoms with Gasteiger partial charge < -0.3 is 9.88 Å². The van der Waals surface area contributed by atoms with Gasteiger partial charge in [0.05, 0.1) is 33.7 Å². The van der Waals surface area contributed by atoms with E-state index in [0.717, 1.165) is 59.1 Å². The number of H-pyrrole nitrogens is 1. The van der Waals surface area contributed by atoms with Crippen molar-refractivity contribution in [3.8, 4) is 22.5 Å². The van der Waals surface area contributed by atoms with E-state index in [1.807, 2.05) is 47.0 Å². The number of carbonyl (C=O) groups is 1. The molecule has 2 aromatic heterocycles. The van der Waals surface area contributed by atoms with Crippen LogP contribution in [0.2, 0.25) is 0 Å². The third-order valence-corrected chi connectivity index (χ3v) is 8.17. The van der Waals surface area contributed by atoms with Crippen molar-refractivity contribution in [3.63, 3.8) is 0 Å². The number of nitrogens with one attached hydrogen (secondary N) is 2. The zero-order valence-electron chi connectivity index (χ0n) is 21.1. The van der Waals surface area contributed by atoms with Crippen molar-refractivity contribution in [2.45, 2.75) is 32.0 Å². The molecular formula is C30H26F3N5O. The molecule has 3 heterocycles. The zero-order chi connectivity index (χ0) is 26.8. The number of aromatic amines is 1. The van der Waals surface area contributed by atoms with Crippen molar-refractivity contribution in [1.29, 1.82) is 0 Å². The fourth-order valence-corrected chi connectivity index (χ4v) is 5.86. The van der Waals surface area contributed by atoms with E-state index in [4.69, 9.17) is 4.98 Å². The van der Waals surface area contributed by atoms with Crippen molar-refractivity contribution in [2.24, 2.45) is 11.3 Å². The van der Waals surface area contributed by atoms with Gasteiger partial charge in [-0.2, -0.15) is 18.3 Å². The van der Waals surface area contributed by atoms with E-state index in [0.29, 0.717) is 30.9 Å². The highest BCUT2D eigenvalue weighted by molar-refractivity contribution is 5.90. The molecule has 1 atom stereocenters. The normalized spacial score (nSPS) is 19.8. The summed E-state index contributed by atoms with van der Waals surface area (Å²) in [6.45, 7) is 1.69. The maximum absolute atomic E-state index is 13.5. The Morgan fingerprint density at radius 3 is 2.49 bits per heavy atom. The van der Waals surface area contributed by atoms with Gasteiger partial charge in [-0.1, -0.05) is 36.4 Å². The Morgan fingerprint density at radius 1 is 1.00 bits per heavy atom. The Labute approximate surface area is 222 Å². The van der Waals surface area contributed by atoms with E-state index >= 15 is 0 Å². The average Bonchev–Trinajstić information content (AvgIpc) is 3.32. The van der Waals surface area contributed by atoms with Gasteiger partial charge in [0.2, 0.25) is 0 Å². The number of alkyl halides is 3. The number of ketones is 1. The van der Waals surface area contributed by atoms with Crippen LogP contribution in [0.5, 0.6) is 0 Å². The fraction of sp³-hybridized carbons (Fsp3) is 0.300. The monoisotopic (exact) mass is 529 g/mol. The Balaban J connectivity index is 1.32. The molecule has 1 saturated carbocycles. The van der Waals surface area contributed by atoms with Crippen molar-refractivity contribution >= 4 is 27.7 Å². The third kappa shape index (κ3) is 4.21. The maximum atomic E-state index is 13.5. The van der Waals surface area contributed by atoms with Crippen LogP contribution in [0, 0.1) is 11.3 Å². The number of Topliss-reactive ketones (excluding diaryl/α,β-unsaturated/α-hetero) is 1. The van der Waals surface area contributed by atoms with Crippen LogP contribution in [-0.2, 0) is 17.5 Å². The molecular weight excluding hydrogens is 503 g/mol. The molecule has 0 amide bonds. The molecule has 0 unspecified atom stereocenters. The smallest absolute Gasteiger partial charge is 0.323 e. The Kier molecular flexibility index (Phi) is 5.42. The number of imidazole rings is 1. The molecule has 2 N–H and O–H groups in total. The van der Waals surface area contributed by atoms with Gasteiger partial charge in [-0.05, 0) is 61.2 Å². The molecule has 7 rings (SSSR count). The first-order valence-electron chi connectivity index (χ1n) is 13.2. The second-order valence-corrected chi connectivity index (χ2v) is 10.8. The van der Waals surface area contributed by atoms with Crippen LogP contribution in [-0.4, -0.2) is 38.6 Å². The first-order valence-corrected chi connectivity index (χ1v) is 13.2. The third-order valence-electron chi connectivity index (χ3n) is 8.17. The van der Waals surface area contributed by atoms with Crippen LogP contribution < -0.4 is 5.32 Å². The first kappa shape index (κ1) is 24.1. The number of fused-ring (bicyclic) bond motifs is 2. The highest BCUT2D eigenvalue weighted by atomic mass is 19.4.